The summed E-state index contributed by atoms with van der Waals surface area (Å²) in [6.45, 7) is 1.79. The number of nitrogens with two attached hydrogens (primary N) is 1. The van der Waals surface area contributed by atoms with Crippen molar-refractivity contribution >= 4 is 15.7 Å². The van der Waals surface area contributed by atoms with Crippen LogP contribution in [-0.2, 0) is 16.2 Å². The van der Waals surface area contributed by atoms with E-state index in [9.17, 15) is 21.6 Å². The van der Waals surface area contributed by atoms with Crippen LogP contribution >= 0.6 is 0 Å². The molecule has 0 saturated carbocycles. The molecule has 0 amide bonds. The van der Waals surface area contributed by atoms with Gasteiger partial charge in [0.1, 0.15) is 0 Å². The minimum absolute atomic E-state index is 0.147. The Hall–Kier alpha value is -3.24. The number of rotatable bonds is 4. The van der Waals surface area contributed by atoms with Crippen LogP contribution < -0.4 is 5.14 Å². The van der Waals surface area contributed by atoms with Gasteiger partial charge >= 0.3 is 6.18 Å². The number of aryl methyl sites for hydroxylation is 1. The van der Waals surface area contributed by atoms with Gasteiger partial charge in [0.25, 0.3) is 0 Å². The van der Waals surface area contributed by atoms with E-state index in [2.05, 4.69) is 10.1 Å². The number of hydrogen-bond donors (Lipinski definition) is 1. The molecule has 0 bridgehead atoms. The second-order valence-electron chi connectivity index (χ2n) is 7.06. The summed E-state index contributed by atoms with van der Waals surface area (Å²) in [6, 6.07) is 11.6. The van der Waals surface area contributed by atoms with Crippen molar-refractivity contribution in [3.05, 3.63) is 77.6 Å². The fourth-order valence-corrected chi connectivity index (χ4v) is 3.83. The van der Waals surface area contributed by atoms with Crippen molar-refractivity contribution in [2.24, 2.45) is 10.1 Å². The molecule has 160 valence electrons. The average molecular weight is 446 g/mol. The van der Waals surface area contributed by atoms with Crippen LogP contribution in [0, 0.1) is 6.92 Å². The van der Waals surface area contributed by atoms with Crippen molar-refractivity contribution in [3.63, 3.8) is 0 Å². The van der Waals surface area contributed by atoms with Crippen molar-refractivity contribution in [3.8, 4) is 16.9 Å². The molecular formula is C21H17F3N4O2S. The predicted molar refractivity (Wildman–Crippen MR) is 110 cm³/mol. The molecule has 0 atom stereocenters. The summed E-state index contributed by atoms with van der Waals surface area (Å²) >= 11 is 0. The smallest absolute Gasteiger partial charge is 0.261 e. The number of benzene rings is 2. The van der Waals surface area contributed by atoms with Crippen molar-refractivity contribution in [2.45, 2.75) is 24.4 Å². The van der Waals surface area contributed by atoms with Crippen molar-refractivity contribution in [1.29, 1.82) is 0 Å². The summed E-state index contributed by atoms with van der Waals surface area (Å²) in [6.07, 6.45) is -0.419. The van der Waals surface area contributed by atoms with E-state index in [-0.39, 0.29) is 16.3 Å². The summed E-state index contributed by atoms with van der Waals surface area (Å²) in [4.78, 5) is 4.15. The first kappa shape index (κ1) is 21.0. The first-order valence-corrected chi connectivity index (χ1v) is 10.7. The highest BCUT2D eigenvalue weighted by Gasteiger charge is 2.35. The number of sulfonamides is 1. The second-order valence-corrected chi connectivity index (χ2v) is 8.62. The van der Waals surface area contributed by atoms with E-state index in [1.54, 1.807) is 19.2 Å². The van der Waals surface area contributed by atoms with Gasteiger partial charge in [-0.2, -0.15) is 18.3 Å². The molecule has 3 aromatic rings. The van der Waals surface area contributed by atoms with Gasteiger partial charge in [-0.3, -0.25) is 4.99 Å². The van der Waals surface area contributed by atoms with Gasteiger partial charge in [-0.1, -0.05) is 18.2 Å². The minimum Gasteiger partial charge on any atom is -0.261 e. The van der Waals surface area contributed by atoms with Gasteiger partial charge in [0, 0.05) is 18.2 Å². The molecule has 1 aliphatic heterocycles. The van der Waals surface area contributed by atoms with E-state index in [4.69, 9.17) is 5.14 Å². The van der Waals surface area contributed by atoms with Crippen LogP contribution in [0.3, 0.4) is 0 Å². The lowest BCUT2D eigenvalue weighted by molar-refractivity contribution is -0.141. The zero-order valence-electron chi connectivity index (χ0n) is 16.3. The van der Waals surface area contributed by atoms with Crippen LogP contribution in [0.15, 0.2) is 70.7 Å². The number of nitrogens with zero attached hydrogens (tertiary/aromatic N) is 3. The van der Waals surface area contributed by atoms with E-state index < -0.39 is 21.9 Å². The number of hydrogen-bond acceptors (Lipinski definition) is 4. The van der Waals surface area contributed by atoms with Gasteiger partial charge in [0.2, 0.25) is 10.0 Å². The molecule has 6 nitrogen and oxygen atoms in total. The second kappa shape index (κ2) is 7.47. The molecule has 0 radical (unpaired) electrons. The van der Waals surface area contributed by atoms with Gasteiger partial charge in [0.05, 0.1) is 22.0 Å². The van der Waals surface area contributed by atoms with E-state index in [0.717, 1.165) is 27.6 Å². The van der Waals surface area contributed by atoms with Gasteiger partial charge in [-0.25, -0.2) is 18.2 Å². The number of aromatic nitrogens is 2. The fourth-order valence-electron chi connectivity index (χ4n) is 3.31. The molecule has 4 rings (SSSR count). The molecular weight excluding hydrogens is 429 g/mol. The summed E-state index contributed by atoms with van der Waals surface area (Å²) in [5, 5.41) is 8.87. The van der Waals surface area contributed by atoms with Gasteiger partial charge < -0.3 is 0 Å². The third-order valence-corrected chi connectivity index (χ3v) is 5.83. The number of allylic oxidation sites excluding steroid dienone is 1. The standard InChI is InChI=1S/C21H17F3N4O2S/c1-13-4-5-14(18-3-2-10-26-18)11-17(13)19-12-20(21(22,23)24)27-28(19)15-6-8-16(9-7-15)31(25,29)30/h2,4-12H,3H2,1H3,(H2,25,29,30). The third-order valence-electron chi connectivity index (χ3n) is 4.90. The zero-order chi connectivity index (χ0) is 22.4. The van der Waals surface area contributed by atoms with Crippen LogP contribution in [-0.4, -0.2) is 23.9 Å². The van der Waals surface area contributed by atoms with Crippen molar-refractivity contribution < 1.29 is 21.6 Å². The average Bonchev–Trinajstić information content (AvgIpc) is 3.38. The summed E-state index contributed by atoms with van der Waals surface area (Å²) in [5.41, 5.74) is 2.38. The van der Waals surface area contributed by atoms with E-state index in [1.807, 2.05) is 18.2 Å². The molecule has 1 aromatic heterocycles. The van der Waals surface area contributed by atoms with Crippen LogP contribution in [0.5, 0.6) is 0 Å². The minimum atomic E-state index is -4.65. The highest BCUT2D eigenvalue weighted by molar-refractivity contribution is 7.89. The molecule has 0 unspecified atom stereocenters. The lowest BCUT2D eigenvalue weighted by Crippen LogP contribution is -2.12. The number of halogens is 3. The molecule has 0 spiro atoms. The third kappa shape index (κ3) is 4.17. The lowest BCUT2D eigenvalue weighted by atomic mass is 9.98. The maximum Gasteiger partial charge on any atom is 0.435 e. The molecule has 0 saturated heterocycles. The van der Waals surface area contributed by atoms with Crippen LogP contribution in [0.4, 0.5) is 13.2 Å². The Balaban J connectivity index is 1.89. The van der Waals surface area contributed by atoms with Crippen LogP contribution in [0.1, 0.15) is 23.2 Å². The number of primary sulfonamides is 1. The van der Waals surface area contributed by atoms with Gasteiger partial charge in [-0.15, -0.1) is 0 Å². The molecule has 31 heavy (non-hydrogen) atoms. The van der Waals surface area contributed by atoms with E-state index in [1.165, 1.54) is 24.3 Å². The number of aliphatic imine (C=N–C) groups is 1. The Kier molecular flexibility index (Phi) is 5.06. The SMILES string of the molecule is Cc1ccc(C2=NC=CC2)cc1-c1cc(C(F)(F)F)nn1-c1ccc(S(N)(=O)=O)cc1. The molecule has 0 fully saturated rings. The Bertz CT molecular complexity index is 1320. The highest BCUT2D eigenvalue weighted by Crippen LogP contribution is 2.35. The fraction of sp³-hybridized carbons (Fsp3) is 0.143. The van der Waals surface area contributed by atoms with Crippen LogP contribution in [0.2, 0.25) is 0 Å². The molecule has 2 heterocycles. The van der Waals surface area contributed by atoms with Gasteiger partial charge in [-0.05, 0) is 54.4 Å². The highest BCUT2D eigenvalue weighted by atomic mass is 32.2. The Morgan fingerprint density at radius 2 is 1.77 bits per heavy atom. The normalized spacial score (nSPS) is 14.2. The Labute approximate surface area is 176 Å². The quantitative estimate of drug-likeness (QED) is 0.651. The topological polar surface area (TPSA) is 90.3 Å². The molecule has 2 N–H and O–H groups in total. The van der Waals surface area contributed by atoms with Crippen molar-refractivity contribution in [2.75, 3.05) is 0 Å². The van der Waals surface area contributed by atoms with E-state index >= 15 is 0 Å². The maximum absolute atomic E-state index is 13.5. The van der Waals surface area contributed by atoms with Crippen molar-refractivity contribution in [1.82, 2.24) is 9.78 Å². The van der Waals surface area contributed by atoms with Crippen LogP contribution in [0.25, 0.3) is 16.9 Å². The Morgan fingerprint density at radius 1 is 1.06 bits per heavy atom. The monoisotopic (exact) mass is 446 g/mol. The first-order valence-electron chi connectivity index (χ1n) is 9.17. The zero-order valence-corrected chi connectivity index (χ0v) is 17.1. The largest absolute Gasteiger partial charge is 0.435 e. The first-order chi connectivity index (χ1) is 14.5. The predicted octanol–water partition coefficient (Wildman–Crippen LogP) is 4.22. The summed E-state index contributed by atoms with van der Waals surface area (Å²) < 4.78 is 64.5. The van der Waals surface area contributed by atoms with E-state index in [0.29, 0.717) is 12.0 Å². The number of alkyl halides is 3. The summed E-state index contributed by atoms with van der Waals surface area (Å²) in [5.74, 6) is 0. The summed E-state index contributed by atoms with van der Waals surface area (Å²) in [7, 11) is -3.93. The lowest BCUT2D eigenvalue weighted by Gasteiger charge is -2.12. The molecule has 1 aliphatic rings. The van der Waals surface area contributed by atoms with Gasteiger partial charge in [0.15, 0.2) is 5.69 Å². The maximum atomic E-state index is 13.5. The molecule has 0 aliphatic carbocycles. The molecule has 10 heteroatoms. The Morgan fingerprint density at radius 3 is 2.35 bits per heavy atom. The molecule has 2 aromatic carbocycles.